The highest BCUT2D eigenvalue weighted by Crippen LogP contribution is 2.28. The fraction of sp³-hybridized carbons (Fsp3) is 0.333. The number of nitrogens with zero attached hydrogens (tertiary/aromatic N) is 2. The van der Waals surface area contributed by atoms with Gasteiger partial charge in [-0.05, 0) is 45.2 Å². The number of esters is 1. The third-order valence-electron chi connectivity index (χ3n) is 5.26. The molecule has 1 N–H and O–H groups in total. The van der Waals surface area contributed by atoms with Crippen molar-refractivity contribution in [2.24, 2.45) is 0 Å². The van der Waals surface area contributed by atoms with E-state index in [1.54, 1.807) is 49.4 Å². The van der Waals surface area contributed by atoms with E-state index in [1.165, 1.54) is 6.07 Å². The number of benzene rings is 1. The molecule has 1 atom stereocenters. The van der Waals surface area contributed by atoms with E-state index in [4.69, 9.17) is 4.74 Å². The van der Waals surface area contributed by atoms with Crippen LogP contribution < -0.4 is 5.32 Å². The molecule has 3 rings (SSSR count). The maximum Gasteiger partial charge on any atom is 0.308 e. The minimum atomic E-state index is -0.911. The van der Waals surface area contributed by atoms with Gasteiger partial charge in [0.15, 0.2) is 0 Å². The lowest BCUT2D eigenvalue weighted by Gasteiger charge is -2.19. The van der Waals surface area contributed by atoms with E-state index >= 15 is 0 Å². The minimum Gasteiger partial charge on any atom is -0.463 e. The van der Waals surface area contributed by atoms with Crippen LogP contribution in [0.1, 0.15) is 58.5 Å². The Hall–Kier alpha value is -3.46. The maximum atomic E-state index is 13.3. The molecule has 1 aromatic carbocycles. The first-order chi connectivity index (χ1) is 15.7. The van der Waals surface area contributed by atoms with Crippen molar-refractivity contribution in [3.05, 3.63) is 85.4 Å². The molecule has 0 aliphatic carbocycles. The number of ether oxygens (including phenoxy) is 1. The molecule has 9 heteroatoms. The number of carbonyl (C=O) groups excluding carboxylic acids is 2. The first kappa shape index (κ1) is 24.2. The molecule has 0 fully saturated rings. The summed E-state index contributed by atoms with van der Waals surface area (Å²) in [4.78, 5) is 37.9. The summed E-state index contributed by atoms with van der Waals surface area (Å²) >= 11 is 1.64. The number of rotatable bonds is 9. The molecule has 33 heavy (non-hydrogen) atoms. The van der Waals surface area contributed by atoms with Gasteiger partial charge in [0.2, 0.25) is 0 Å². The van der Waals surface area contributed by atoms with Crippen LogP contribution in [0.2, 0.25) is 0 Å². The van der Waals surface area contributed by atoms with Gasteiger partial charge in [-0.15, -0.1) is 11.3 Å². The van der Waals surface area contributed by atoms with E-state index in [1.807, 2.05) is 35.9 Å². The molecule has 1 amide bonds. The van der Waals surface area contributed by atoms with Crippen molar-refractivity contribution in [1.82, 2.24) is 9.88 Å². The van der Waals surface area contributed by atoms with Crippen LogP contribution in [0.15, 0.2) is 47.8 Å². The first-order valence-corrected chi connectivity index (χ1v) is 11.5. The molecule has 0 saturated carbocycles. The van der Waals surface area contributed by atoms with Crippen LogP contribution in [0.5, 0.6) is 0 Å². The Morgan fingerprint density at radius 1 is 1.18 bits per heavy atom. The molecule has 8 nitrogen and oxygen atoms in total. The summed E-state index contributed by atoms with van der Waals surface area (Å²) in [6.45, 7) is 7.88. The van der Waals surface area contributed by atoms with Crippen LogP contribution in [0, 0.1) is 24.0 Å². The molecular formula is C24H27N3O5S. The molecule has 2 heterocycles. The fourth-order valence-corrected chi connectivity index (χ4v) is 4.43. The van der Waals surface area contributed by atoms with E-state index in [0.29, 0.717) is 12.1 Å². The van der Waals surface area contributed by atoms with Crippen LogP contribution in [0.3, 0.4) is 0 Å². The van der Waals surface area contributed by atoms with Crippen LogP contribution in [-0.4, -0.2) is 27.5 Å². The lowest BCUT2D eigenvalue weighted by Crippen LogP contribution is -2.31. The highest BCUT2D eigenvalue weighted by Gasteiger charge is 2.28. The molecule has 0 spiro atoms. The zero-order valence-electron chi connectivity index (χ0n) is 19.0. The largest absolute Gasteiger partial charge is 0.463 e. The molecular weight excluding hydrogens is 442 g/mol. The van der Waals surface area contributed by atoms with Crippen LogP contribution in [0.25, 0.3) is 0 Å². The van der Waals surface area contributed by atoms with Gasteiger partial charge in [-0.2, -0.15) is 0 Å². The van der Waals surface area contributed by atoms with Crippen LogP contribution >= 0.6 is 11.3 Å². The topological polar surface area (TPSA) is 103 Å². The average molecular weight is 470 g/mol. The van der Waals surface area contributed by atoms with Gasteiger partial charge >= 0.3 is 5.97 Å². The number of nitro groups is 1. The highest BCUT2D eigenvalue weighted by molar-refractivity contribution is 7.09. The highest BCUT2D eigenvalue weighted by atomic mass is 32.1. The number of hydrogen-bond donors (Lipinski definition) is 1. The number of nitrogens with one attached hydrogen (secondary N) is 1. The van der Waals surface area contributed by atoms with E-state index < -0.39 is 22.8 Å². The number of hydrogen-bond acceptors (Lipinski definition) is 6. The van der Waals surface area contributed by atoms with E-state index in [-0.39, 0.29) is 23.8 Å². The number of aryl methyl sites for hydroxylation is 1. The molecule has 0 radical (unpaired) electrons. The van der Waals surface area contributed by atoms with E-state index in [2.05, 4.69) is 5.32 Å². The third-order valence-corrected chi connectivity index (χ3v) is 6.13. The van der Waals surface area contributed by atoms with E-state index in [9.17, 15) is 19.7 Å². The van der Waals surface area contributed by atoms with Crippen molar-refractivity contribution in [2.45, 2.75) is 52.8 Å². The normalized spacial score (nSPS) is 11.9. The summed E-state index contributed by atoms with van der Waals surface area (Å²) in [6.07, 6.45) is -0.557. The van der Waals surface area contributed by atoms with Gasteiger partial charge in [-0.3, -0.25) is 19.7 Å². The summed E-state index contributed by atoms with van der Waals surface area (Å²) < 4.78 is 7.28. The van der Waals surface area contributed by atoms with Gasteiger partial charge in [0.25, 0.3) is 11.6 Å². The molecule has 1 unspecified atom stereocenters. The second kappa shape index (κ2) is 10.4. The van der Waals surface area contributed by atoms with Gasteiger partial charge in [0.05, 0.1) is 41.2 Å². The Balaban J connectivity index is 1.91. The van der Waals surface area contributed by atoms with Crippen molar-refractivity contribution in [1.29, 1.82) is 0 Å². The minimum absolute atomic E-state index is 0.164. The van der Waals surface area contributed by atoms with Crippen molar-refractivity contribution in [3.63, 3.8) is 0 Å². The average Bonchev–Trinajstić information content (AvgIpc) is 3.36. The number of nitro benzene ring substituents is 1. The Morgan fingerprint density at radius 2 is 1.91 bits per heavy atom. The predicted molar refractivity (Wildman–Crippen MR) is 126 cm³/mol. The number of para-hydroxylation sites is 1. The zero-order chi connectivity index (χ0) is 24.1. The van der Waals surface area contributed by atoms with Gasteiger partial charge in [0, 0.05) is 22.3 Å². The predicted octanol–water partition coefficient (Wildman–Crippen LogP) is 4.94. The molecule has 0 saturated heterocycles. The summed E-state index contributed by atoms with van der Waals surface area (Å²) in [5, 5.41) is 16.4. The fourth-order valence-electron chi connectivity index (χ4n) is 3.73. The van der Waals surface area contributed by atoms with Crippen LogP contribution in [-0.2, 0) is 16.1 Å². The Morgan fingerprint density at radius 3 is 2.55 bits per heavy atom. The zero-order valence-corrected chi connectivity index (χ0v) is 19.8. The molecule has 3 aromatic rings. The van der Waals surface area contributed by atoms with Gasteiger partial charge in [-0.25, -0.2) is 0 Å². The van der Waals surface area contributed by atoms with Crippen molar-refractivity contribution in [3.8, 4) is 0 Å². The lowest BCUT2D eigenvalue weighted by atomic mass is 10.0. The number of amides is 1. The quantitative estimate of drug-likeness (QED) is 0.272. The third kappa shape index (κ3) is 5.87. The Bertz CT molecular complexity index is 1150. The maximum absolute atomic E-state index is 13.3. The summed E-state index contributed by atoms with van der Waals surface area (Å²) in [5.74, 6) is -0.947. The molecule has 0 aliphatic heterocycles. The molecule has 2 aromatic heterocycles. The number of aromatic nitrogens is 1. The SMILES string of the molecule is Cc1cc(C(=O)NC(CC(=O)OC(C)C)c2ccccc2[N+](=O)[O-])c(C)n1Cc1cccs1. The summed E-state index contributed by atoms with van der Waals surface area (Å²) in [6, 6.07) is 11.0. The standard InChI is InChI=1S/C24H27N3O5S/c1-15(2)32-23(28)13-21(19-9-5-6-10-22(19)27(30)31)25-24(29)20-12-16(3)26(17(20)4)14-18-8-7-11-33-18/h5-12,15,21H,13-14H2,1-4H3,(H,25,29). The summed E-state index contributed by atoms with van der Waals surface area (Å²) in [7, 11) is 0. The van der Waals surface area contributed by atoms with Crippen molar-refractivity contribution >= 4 is 28.9 Å². The number of thiophene rings is 1. The molecule has 0 aliphatic rings. The first-order valence-electron chi connectivity index (χ1n) is 10.6. The Labute approximate surface area is 196 Å². The Kier molecular flexibility index (Phi) is 7.65. The van der Waals surface area contributed by atoms with E-state index in [0.717, 1.165) is 16.3 Å². The van der Waals surface area contributed by atoms with Gasteiger partial charge in [-0.1, -0.05) is 24.3 Å². The van der Waals surface area contributed by atoms with Gasteiger partial charge in [0.1, 0.15) is 0 Å². The smallest absolute Gasteiger partial charge is 0.308 e. The molecule has 174 valence electrons. The van der Waals surface area contributed by atoms with Crippen molar-refractivity contribution in [2.75, 3.05) is 0 Å². The van der Waals surface area contributed by atoms with Crippen LogP contribution in [0.4, 0.5) is 5.69 Å². The molecule has 0 bridgehead atoms. The van der Waals surface area contributed by atoms with Crippen molar-refractivity contribution < 1.29 is 19.2 Å². The van der Waals surface area contributed by atoms with Gasteiger partial charge < -0.3 is 14.6 Å². The second-order valence-electron chi connectivity index (χ2n) is 8.04. The lowest BCUT2D eigenvalue weighted by molar-refractivity contribution is -0.385. The monoisotopic (exact) mass is 469 g/mol. The number of carbonyl (C=O) groups is 2. The summed E-state index contributed by atoms with van der Waals surface area (Å²) in [5.41, 5.74) is 2.26. The second-order valence-corrected chi connectivity index (χ2v) is 9.07.